The van der Waals surface area contributed by atoms with E-state index in [0.717, 1.165) is 45.1 Å². The summed E-state index contributed by atoms with van der Waals surface area (Å²) >= 11 is 0. The van der Waals surface area contributed by atoms with Crippen molar-refractivity contribution >= 4 is 13.6 Å². The van der Waals surface area contributed by atoms with Gasteiger partial charge in [-0.25, -0.2) is 4.57 Å². The lowest BCUT2D eigenvalue weighted by molar-refractivity contribution is -0.858. The van der Waals surface area contributed by atoms with Crippen LogP contribution in [0, 0.1) is 5.92 Å². The Morgan fingerprint density at radius 1 is 0.750 bits per heavy atom. The van der Waals surface area contributed by atoms with Gasteiger partial charge in [0.05, 0.1) is 33.9 Å². The quantitative estimate of drug-likeness (QED) is 0.0814. The molecule has 2 atom stereocenters. The largest absolute Gasteiger partial charge is 0.472 e. The summed E-state index contributed by atoms with van der Waals surface area (Å²) < 4.78 is 22.7. The fourth-order valence-electron chi connectivity index (χ4n) is 4.57. The number of phosphoric ester groups is 1. The van der Waals surface area contributed by atoms with Crippen LogP contribution in [0.1, 0.15) is 142 Å². The number of nitrogens with one attached hydrogen (secondary N) is 1. The monoisotopic (exact) mass is 534 g/mol. The van der Waals surface area contributed by atoms with Gasteiger partial charge in [-0.05, 0) is 31.6 Å². The Hall–Kier alpha value is -0.260. The fourth-order valence-corrected chi connectivity index (χ4v) is 5.41. The molecule has 6 nitrogen and oxygen atoms in total. The third-order valence-electron chi connectivity index (χ3n) is 6.81. The molecule has 216 valence electrons. The molecule has 0 bridgehead atoms. The zero-order chi connectivity index (χ0) is 26.9. The highest BCUT2D eigenvalue weighted by Crippen LogP contribution is 2.44. The van der Waals surface area contributed by atoms with Crippen LogP contribution in [0.4, 0.5) is 0 Å². The van der Waals surface area contributed by atoms with E-state index in [0.29, 0.717) is 12.8 Å². The molecule has 7 heteroatoms. The average molecular weight is 535 g/mol. The van der Waals surface area contributed by atoms with Crippen molar-refractivity contribution < 1.29 is 28.2 Å². The van der Waals surface area contributed by atoms with Crippen molar-refractivity contribution in [1.82, 2.24) is 0 Å². The summed E-state index contributed by atoms with van der Waals surface area (Å²) in [7, 11) is 0.104. The average Bonchev–Trinajstić information content (AvgIpc) is 2.82. The molecule has 0 saturated heterocycles. The van der Waals surface area contributed by atoms with Gasteiger partial charge in [0.1, 0.15) is 5.78 Å². The molecule has 0 spiro atoms. The summed E-state index contributed by atoms with van der Waals surface area (Å²) in [4.78, 5) is 23.6. The Morgan fingerprint density at radius 3 is 1.78 bits per heavy atom. The second-order valence-electron chi connectivity index (χ2n) is 11.0. The molecule has 2 N–H and O–H groups in total. The molecule has 0 fully saturated rings. The Balaban J connectivity index is 4.01. The molecule has 0 aromatic heterocycles. The number of unbranched alkanes of at least 4 members (excludes halogenated alkanes) is 14. The van der Waals surface area contributed by atoms with Gasteiger partial charge in [0.15, 0.2) is 0 Å². The fraction of sp³-hybridized carbons (Fsp3) is 0.966. The van der Waals surface area contributed by atoms with Crippen LogP contribution in [0.2, 0.25) is 0 Å². The van der Waals surface area contributed by atoms with E-state index in [2.05, 4.69) is 21.0 Å². The minimum Gasteiger partial charge on any atom is -0.340 e. The minimum atomic E-state index is -4.06. The highest BCUT2D eigenvalue weighted by atomic mass is 31.2. The lowest BCUT2D eigenvalue weighted by atomic mass is 9.94. The topological polar surface area (TPSA) is 77.3 Å². The Morgan fingerprint density at radius 2 is 1.28 bits per heavy atom. The van der Waals surface area contributed by atoms with Crippen molar-refractivity contribution in [3.05, 3.63) is 0 Å². The van der Waals surface area contributed by atoms with Crippen molar-refractivity contribution in [3.63, 3.8) is 0 Å². The van der Waals surface area contributed by atoms with Crippen LogP contribution in [0.5, 0.6) is 0 Å². The second-order valence-corrected chi connectivity index (χ2v) is 12.5. The molecule has 0 aliphatic heterocycles. The summed E-state index contributed by atoms with van der Waals surface area (Å²) in [6.07, 6.45) is 22.8. The molecular weight excluding hydrogens is 473 g/mol. The van der Waals surface area contributed by atoms with Gasteiger partial charge < -0.3 is 9.79 Å². The van der Waals surface area contributed by atoms with Crippen molar-refractivity contribution in [1.29, 1.82) is 0 Å². The molecule has 0 aromatic rings. The number of hydrogen-bond acceptors (Lipinski definition) is 4. The van der Waals surface area contributed by atoms with E-state index >= 15 is 0 Å². The number of phosphoric acid groups is 1. The molecule has 0 saturated carbocycles. The summed E-state index contributed by atoms with van der Waals surface area (Å²) in [5.41, 5.74) is 0. The van der Waals surface area contributed by atoms with E-state index in [1.54, 1.807) is 0 Å². The molecule has 0 aliphatic carbocycles. The van der Waals surface area contributed by atoms with Crippen LogP contribution in [0.25, 0.3) is 0 Å². The first kappa shape index (κ1) is 35.7. The zero-order valence-corrected chi connectivity index (χ0v) is 25.3. The van der Waals surface area contributed by atoms with Crippen molar-refractivity contribution in [2.75, 3.05) is 33.9 Å². The van der Waals surface area contributed by atoms with Crippen LogP contribution in [-0.4, -0.2) is 44.5 Å². The minimum absolute atomic E-state index is 0.0113. The third kappa shape index (κ3) is 25.4. The second kappa shape index (κ2) is 25.0. The maximum absolute atomic E-state index is 12.2. The highest BCUT2D eigenvalue weighted by molar-refractivity contribution is 7.47. The Kier molecular flexibility index (Phi) is 24.9. The molecular formula is C29H61NO5P+. The molecule has 0 heterocycles. The van der Waals surface area contributed by atoms with Crippen LogP contribution in [-0.2, 0) is 18.4 Å². The molecule has 0 amide bonds. The molecule has 36 heavy (non-hydrogen) atoms. The van der Waals surface area contributed by atoms with Crippen molar-refractivity contribution in [2.45, 2.75) is 142 Å². The van der Waals surface area contributed by atoms with E-state index in [-0.39, 0.29) is 24.9 Å². The number of carbonyl (C=O) groups excluding carboxylic acids is 1. The zero-order valence-electron chi connectivity index (χ0n) is 24.4. The van der Waals surface area contributed by atoms with Gasteiger partial charge in [0.25, 0.3) is 0 Å². The third-order valence-corrected chi connectivity index (χ3v) is 7.79. The van der Waals surface area contributed by atoms with E-state index in [1.807, 2.05) is 6.92 Å². The lowest BCUT2D eigenvalue weighted by Gasteiger charge is -2.19. The van der Waals surface area contributed by atoms with E-state index < -0.39 is 7.82 Å². The van der Waals surface area contributed by atoms with Gasteiger partial charge in [-0.3, -0.25) is 13.8 Å². The van der Waals surface area contributed by atoms with Gasteiger partial charge in [0.2, 0.25) is 0 Å². The van der Waals surface area contributed by atoms with Gasteiger partial charge in [0, 0.05) is 12.8 Å². The van der Waals surface area contributed by atoms with Gasteiger partial charge in [-0.1, -0.05) is 104 Å². The van der Waals surface area contributed by atoms with Crippen molar-refractivity contribution in [3.8, 4) is 0 Å². The SMILES string of the molecule is CCCCCCCCCCCCCCCCC(COP(=O)(O)OCCCC[NH+](C)C)CC(=O)CCC. The lowest BCUT2D eigenvalue weighted by Crippen LogP contribution is -3.05. The van der Waals surface area contributed by atoms with Crippen LogP contribution in [0.15, 0.2) is 0 Å². The standard InChI is InChI=1S/C29H60NO5P/c1-5-7-8-9-10-11-12-13-14-15-16-17-18-19-23-28(26-29(31)22-6-2)27-35-36(32,33)34-25-21-20-24-30(3)4/h28H,5-27H2,1-4H3,(H,32,33)/p+1. The highest BCUT2D eigenvalue weighted by Gasteiger charge is 2.24. The van der Waals surface area contributed by atoms with Gasteiger partial charge >= 0.3 is 7.82 Å². The predicted octanol–water partition coefficient (Wildman–Crippen LogP) is 7.29. The maximum Gasteiger partial charge on any atom is 0.472 e. The summed E-state index contributed by atoms with van der Waals surface area (Å²) in [6.45, 7) is 5.61. The summed E-state index contributed by atoms with van der Waals surface area (Å²) in [6, 6.07) is 0. The molecule has 0 aliphatic rings. The summed E-state index contributed by atoms with van der Waals surface area (Å²) in [5, 5.41) is 0. The first-order chi connectivity index (χ1) is 17.3. The van der Waals surface area contributed by atoms with E-state index in [9.17, 15) is 14.3 Å². The number of rotatable bonds is 28. The molecule has 0 aromatic carbocycles. The number of carbonyl (C=O) groups is 1. The maximum atomic E-state index is 12.2. The van der Waals surface area contributed by atoms with Crippen LogP contribution >= 0.6 is 7.82 Å². The molecule has 0 radical (unpaired) electrons. The Labute approximate surface area is 223 Å². The normalized spacial score (nSPS) is 14.3. The molecule has 0 rings (SSSR count). The first-order valence-corrected chi connectivity index (χ1v) is 16.7. The van der Waals surface area contributed by atoms with Crippen molar-refractivity contribution in [2.24, 2.45) is 5.92 Å². The first-order valence-electron chi connectivity index (χ1n) is 15.2. The Bertz CT molecular complexity index is 544. The van der Waals surface area contributed by atoms with Gasteiger partial charge in [-0.2, -0.15) is 0 Å². The van der Waals surface area contributed by atoms with Gasteiger partial charge in [-0.15, -0.1) is 0 Å². The number of ketones is 1. The number of hydrogen-bond donors (Lipinski definition) is 2. The predicted molar refractivity (Wildman–Crippen MR) is 152 cm³/mol. The van der Waals surface area contributed by atoms with E-state index in [4.69, 9.17) is 9.05 Å². The van der Waals surface area contributed by atoms with Crippen LogP contribution < -0.4 is 4.90 Å². The van der Waals surface area contributed by atoms with Crippen LogP contribution in [0.3, 0.4) is 0 Å². The number of Topliss-reactive ketones (excluding diaryl/α,β-unsaturated/α-hetero) is 1. The molecule has 2 unspecified atom stereocenters. The smallest absolute Gasteiger partial charge is 0.340 e. The number of quaternary nitrogens is 1. The summed E-state index contributed by atoms with van der Waals surface area (Å²) in [5.74, 6) is 0.208. The van der Waals surface area contributed by atoms with E-state index in [1.165, 1.54) is 81.9 Å².